The summed E-state index contributed by atoms with van der Waals surface area (Å²) in [6.45, 7) is 1.04. The zero-order valence-electron chi connectivity index (χ0n) is 11.6. The van der Waals surface area contributed by atoms with E-state index in [1.807, 2.05) is 0 Å². The highest BCUT2D eigenvalue weighted by Gasteiger charge is 2.20. The third-order valence-corrected chi connectivity index (χ3v) is 3.79. The van der Waals surface area contributed by atoms with Gasteiger partial charge >= 0.3 is 0 Å². The summed E-state index contributed by atoms with van der Waals surface area (Å²) in [5.74, 6) is 0.958. The molecule has 2 aromatic rings. The van der Waals surface area contributed by atoms with Crippen LogP contribution in [-0.2, 0) is 12.8 Å². The lowest BCUT2D eigenvalue weighted by molar-refractivity contribution is 0.412. The van der Waals surface area contributed by atoms with E-state index in [1.165, 1.54) is 16.7 Å². The third kappa shape index (κ3) is 3.14. The number of methoxy groups -OCH3 is 1. The molecule has 1 aliphatic rings. The van der Waals surface area contributed by atoms with Gasteiger partial charge in [-0.3, -0.25) is 0 Å². The molecule has 0 saturated heterocycles. The summed E-state index contributed by atoms with van der Waals surface area (Å²) in [7, 11) is 1.73. The van der Waals surface area contributed by atoms with Crippen molar-refractivity contribution < 1.29 is 4.74 Å². The largest absolute Gasteiger partial charge is 0.497 e. The van der Waals surface area contributed by atoms with E-state index in [2.05, 4.69) is 53.8 Å². The van der Waals surface area contributed by atoms with Gasteiger partial charge in [-0.25, -0.2) is 0 Å². The Morgan fingerprint density at radius 2 is 1.95 bits per heavy atom. The second-order valence-electron chi connectivity index (χ2n) is 5.01. The van der Waals surface area contributed by atoms with Gasteiger partial charge in [-0.2, -0.15) is 0 Å². The molecule has 0 bridgehead atoms. The monoisotopic (exact) mass is 289 g/mol. The van der Waals surface area contributed by atoms with Crippen LogP contribution >= 0.6 is 12.4 Å². The Labute approximate surface area is 126 Å². The molecule has 0 aromatic heterocycles. The van der Waals surface area contributed by atoms with Gasteiger partial charge in [0.05, 0.1) is 7.11 Å². The average molecular weight is 290 g/mol. The molecule has 1 heterocycles. The van der Waals surface area contributed by atoms with Gasteiger partial charge in [0.1, 0.15) is 5.75 Å². The maximum absolute atomic E-state index is 5.31. The van der Waals surface area contributed by atoms with Crippen molar-refractivity contribution in [3.05, 3.63) is 65.2 Å². The van der Waals surface area contributed by atoms with E-state index in [9.17, 15) is 0 Å². The molecule has 1 unspecified atom stereocenters. The summed E-state index contributed by atoms with van der Waals surface area (Å²) >= 11 is 0. The highest BCUT2D eigenvalue weighted by Crippen LogP contribution is 2.28. The molecule has 2 aromatic carbocycles. The molecule has 3 heteroatoms. The van der Waals surface area contributed by atoms with Crippen molar-refractivity contribution in [2.75, 3.05) is 13.7 Å². The predicted molar refractivity (Wildman–Crippen MR) is 84.8 cm³/mol. The van der Waals surface area contributed by atoms with Crippen LogP contribution in [-0.4, -0.2) is 13.7 Å². The smallest absolute Gasteiger partial charge is 0.119 e. The van der Waals surface area contributed by atoms with Crippen LogP contribution in [0.25, 0.3) is 0 Å². The molecular formula is C17H20ClNO. The Morgan fingerprint density at radius 3 is 2.70 bits per heavy atom. The van der Waals surface area contributed by atoms with E-state index < -0.39 is 0 Å². The van der Waals surface area contributed by atoms with Gasteiger partial charge in [-0.05, 0) is 48.2 Å². The summed E-state index contributed by atoms with van der Waals surface area (Å²) in [5.41, 5.74) is 4.21. The summed E-state index contributed by atoms with van der Waals surface area (Å²) in [6.07, 6.45) is 2.12. The molecule has 20 heavy (non-hydrogen) atoms. The number of hydrogen-bond acceptors (Lipinski definition) is 2. The minimum Gasteiger partial charge on any atom is -0.497 e. The lowest BCUT2D eigenvalue weighted by atomic mass is 9.90. The molecule has 0 spiro atoms. The van der Waals surface area contributed by atoms with Crippen LogP contribution in [0.1, 0.15) is 22.7 Å². The van der Waals surface area contributed by atoms with Crippen molar-refractivity contribution in [1.82, 2.24) is 5.32 Å². The van der Waals surface area contributed by atoms with Crippen LogP contribution in [0.5, 0.6) is 5.75 Å². The van der Waals surface area contributed by atoms with Crippen LogP contribution in [0, 0.1) is 0 Å². The number of fused-ring (bicyclic) bond motifs is 1. The lowest BCUT2D eigenvalue weighted by Gasteiger charge is -2.27. The van der Waals surface area contributed by atoms with Gasteiger partial charge in [0.25, 0.3) is 0 Å². The highest BCUT2D eigenvalue weighted by atomic mass is 35.5. The number of ether oxygens (including phenoxy) is 1. The second kappa shape index (κ2) is 6.78. The number of nitrogens with one attached hydrogen (secondary N) is 1. The molecule has 0 aliphatic carbocycles. The fourth-order valence-corrected chi connectivity index (χ4v) is 2.79. The summed E-state index contributed by atoms with van der Waals surface area (Å²) in [6, 6.07) is 17.5. The quantitative estimate of drug-likeness (QED) is 0.933. The van der Waals surface area contributed by atoms with Crippen LogP contribution < -0.4 is 10.1 Å². The Hall–Kier alpha value is -1.51. The molecule has 2 nitrogen and oxygen atoms in total. The molecular weight excluding hydrogens is 270 g/mol. The van der Waals surface area contributed by atoms with Crippen molar-refractivity contribution in [3.63, 3.8) is 0 Å². The minimum absolute atomic E-state index is 0. The first-order valence-corrected chi connectivity index (χ1v) is 6.81. The van der Waals surface area contributed by atoms with Gasteiger partial charge < -0.3 is 10.1 Å². The van der Waals surface area contributed by atoms with E-state index in [4.69, 9.17) is 4.74 Å². The fraction of sp³-hybridized carbons (Fsp3) is 0.294. The zero-order chi connectivity index (χ0) is 13.1. The normalized spacial score (nSPS) is 16.9. The van der Waals surface area contributed by atoms with Crippen molar-refractivity contribution in [1.29, 1.82) is 0 Å². The van der Waals surface area contributed by atoms with Crippen molar-refractivity contribution in [2.45, 2.75) is 18.9 Å². The first-order valence-electron chi connectivity index (χ1n) is 6.81. The molecule has 0 amide bonds. The third-order valence-electron chi connectivity index (χ3n) is 3.79. The van der Waals surface area contributed by atoms with Crippen LogP contribution in [0.2, 0.25) is 0 Å². The molecule has 1 atom stereocenters. The van der Waals surface area contributed by atoms with Crippen molar-refractivity contribution >= 4 is 12.4 Å². The van der Waals surface area contributed by atoms with Crippen molar-refractivity contribution in [2.24, 2.45) is 0 Å². The van der Waals surface area contributed by atoms with Gasteiger partial charge in [0.2, 0.25) is 0 Å². The van der Waals surface area contributed by atoms with E-state index in [0.717, 1.165) is 25.1 Å². The summed E-state index contributed by atoms with van der Waals surface area (Å²) < 4.78 is 5.31. The average Bonchev–Trinajstić information content (AvgIpc) is 2.48. The number of benzene rings is 2. The molecule has 1 aliphatic heterocycles. The van der Waals surface area contributed by atoms with Crippen LogP contribution in [0.4, 0.5) is 0 Å². The highest BCUT2D eigenvalue weighted by molar-refractivity contribution is 5.85. The Kier molecular flexibility index (Phi) is 5.05. The zero-order valence-corrected chi connectivity index (χ0v) is 12.5. The van der Waals surface area contributed by atoms with Crippen LogP contribution in [0.3, 0.4) is 0 Å². The standard InChI is InChI=1S/C17H19NO.ClH/c1-19-15-7-8-16-14(12-15)9-10-18-17(16)11-13-5-3-2-4-6-13;/h2-8,12,17-18H,9-11H2,1H3;1H. The Morgan fingerprint density at radius 1 is 1.15 bits per heavy atom. The van der Waals surface area contributed by atoms with Gasteiger partial charge in [-0.15, -0.1) is 12.4 Å². The molecule has 3 rings (SSSR count). The van der Waals surface area contributed by atoms with Crippen LogP contribution in [0.15, 0.2) is 48.5 Å². The lowest BCUT2D eigenvalue weighted by Crippen LogP contribution is -2.31. The SMILES string of the molecule is COc1ccc2c(c1)CCNC2Cc1ccccc1.Cl. The molecule has 0 fully saturated rings. The maximum atomic E-state index is 5.31. The topological polar surface area (TPSA) is 21.3 Å². The fourth-order valence-electron chi connectivity index (χ4n) is 2.79. The predicted octanol–water partition coefficient (Wildman–Crippen LogP) is 3.55. The van der Waals surface area contributed by atoms with Crippen molar-refractivity contribution in [3.8, 4) is 5.75 Å². The van der Waals surface area contributed by atoms with E-state index in [1.54, 1.807) is 7.11 Å². The first-order chi connectivity index (χ1) is 9.36. The van der Waals surface area contributed by atoms with E-state index in [0.29, 0.717) is 6.04 Å². The maximum Gasteiger partial charge on any atom is 0.119 e. The van der Waals surface area contributed by atoms with E-state index in [-0.39, 0.29) is 12.4 Å². The number of halogens is 1. The molecule has 0 radical (unpaired) electrons. The van der Waals surface area contributed by atoms with E-state index >= 15 is 0 Å². The summed E-state index contributed by atoms with van der Waals surface area (Å²) in [5, 5.41) is 3.62. The number of rotatable bonds is 3. The molecule has 0 saturated carbocycles. The van der Waals surface area contributed by atoms with Gasteiger partial charge in [0, 0.05) is 6.04 Å². The first kappa shape index (κ1) is 14.9. The summed E-state index contributed by atoms with van der Waals surface area (Å²) in [4.78, 5) is 0. The molecule has 1 N–H and O–H groups in total. The Bertz CT molecular complexity index is 556. The van der Waals surface area contributed by atoms with Gasteiger partial charge in [-0.1, -0.05) is 36.4 Å². The molecule has 106 valence electrons. The minimum atomic E-state index is 0. The Balaban J connectivity index is 0.00000147. The number of hydrogen-bond donors (Lipinski definition) is 1. The van der Waals surface area contributed by atoms with Gasteiger partial charge in [0.15, 0.2) is 0 Å². The second-order valence-corrected chi connectivity index (χ2v) is 5.01.